The van der Waals surface area contributed by atoms with Gasteiger partial charge in [-0.25, -0.2) is 9.78 Å². The summed E-state index contributed by atoms with van der Waals surface area (Å²) in [6.07, 6.45) is 0. The lowest BCUT2D eigenvalue weighted by Gasteiger charge is -2.04. The van der Waals surface area contributed by atoms with Gasteiger partial charge in [-0.2, -0.15) is 0 Å². The minimum atomic E-state index is -0.589. The van der Waals surface area contributed by atoms with Gasteiger partial charge < -0.3 is 15.8 Å². The molecule has 2 aromatic carbocycles. The number of hydrogen-bond donors (Lipinski definition) is 3. The molecule has 0 bridgehead atoms. The predicted octanol–water partition coefficient (Wildman–Crippen LogP) is 2.73. The summed E-state index contributed by atoms with van der Waals surface area (Å²) >= 11 is 1.38. The van der Waals surface area contributed by atoms with Crippen LogP contribution in [0.4, 0.5) is 9.93 Å². The van der Waals surface area contributed by atoms with E-state index in [9.17, 15) is 9.59 Å². The lowest BCUT2D eigenvalue weighted by Crippen LogP contribution is -2.28. The van der Waals surface area contributed by atoms with E-state index in [1.54, 1.807) is 31.4 Å². The van der Waals surface area contributed by atoms with Gasteiger partial charge in [-0.15, -0.1) is 0 Å². The zero-order chi connectivity index (χ0) is 17.8. The second kappa shape index (κ2) is 7.18. The fourth-order valence-corrected chi connectivity index (χ4v) is 3.11. The Bertz CT molecular complexity index is 921. The number of primary amides is 1. The number of nitrogens with two attached hydrogens (primary N) is 1. The Labute approximate surface area is 147 Å². The number of thiazole rings is 1. The number of urea groups is 1. The van der Waals surface area contributed by atoms with Gasteiger partial charge in [-0.3, -0.25) is 10.1 Å². The third-order valence-electron chi connectivity index (χ3n) is 3.50. The van der Waals surface area contributed by atoms with Gasteiger partial charge in [0.2, 0.25) is 0 Å². The van der Waals surface area contributed by atoms with Crippen molar-refractivity contribution < 1.29 is 14.3 Å². The first-order chi connectivity index (χ1) is 12.0. The van der Waals surface area contributed by atoms with Crippen LogP contribution < -0.4 is 21.1 Å². The van der Waals surface area contributed by atoms with E-state index in [1.807, 2.05) is 18.2 Å². The molecule has 25 heavy (non-hydrogen) atoms. The fourth-order valence-electron chi connectivity index (χ4n) is 2.22. The summed E-state index contributed by atoms with van der Waals surface area (Å²) in [6.45, 7) is 0.316. The number of anilines is 1. The summed E-state index contributed by atoms with van der Waals surface area (Å²) in [5, 5.41) is 5.81. The van der Waals surface area contributed by atoms with Gasteiger partial charge in [0.05, 0.1) is 17.3 Å². The number of methoxy groups -OCH3 is 1. The first kappa shape index (κ1) is 16.7. The number of carbonyl (C=O) groups is 2. The molecule has 0 aliphatic carbocycles. The largest absolute Gasteiger partial charge is 0.497 e. The van der Waals surface area contributed by atoms with Crippen LogP contribution in [0, 0.1) is 0 Å². The summed E-state index contributed by atoms with van der Waals surface area (Å²) in [5.41, 5.74) is 7.18. The van der Waals surface area contributed by atoms with Crippen molar-refractivity contribution in [1.82, 2.24) is 10.3 Å². The van der Waals surface area contributed by atoms with Crippen LogP contribution in [0.15, 0.2) is 42.5 Å². The third-order valence-corrected chi connectivity index (χ3v) is 4.43. The quantitative estimate of drug-likeness (QED) is 0.653. The van der Waals surface area contributed by atoms with Crippen molar-refractivity contribution in [3.8, 4) is 5.75 Å². The van der Waals surface area contributed by atoms with Gasteiger partial charge in [-0.1, -0.05) is 23.5 Å². The van der Waals surface area contributed by atoms with E-state index < -0.39 is 6.03 Å². The zero-order valence-electron chi connectivity index (χ0n) is 13.4. The first-order valence-corrected chi connectivity index (χ1v) is 8.25. The van der Waals surface area contributed by atoms with Gasteiger partial charge in [0, 0.05) is 12.1 Å². The third kappa shape index (κ3) is 4.04. The molecule has 4 N–H and O–H groups in total. The maximum Gasteiger partial charge on any atom is 0.312 e. The Kier molecular flexibility index (Phi) is 4.80. The van der Waals surface area contributed by atoms with E-state index in [4.69, 9.17) is 10.5 Å². The molecule has 3 aromatic rings. The topological polar surface area (TPSA) is 106 Å². The highest BCUT2D eigenvalue weighted by atomic mass is 32.1. The van der Waals surface area contributed by atoms with Crippen LogP contribution >= 0.6 is 11.3 Å². The average molecular weight is 356 g/mol. The molecular weight excluding hydrogens is 340 g/mol. The molecule has 0 spiro atoms. The molecule has 1 aromatic heterocycles. The van der Waals surface area contributed by atoms with Crippen LogP contribution in [0.5, 0.6) is 5.75 Å². The molecule has 0 radical (unpaired) electrons. The van der Waals surface area contributed by atoms with E-state index in [0.717, 1.165) is 21.5 Å². The number of nitrogens with one attached hydrogen (secondary N) is 2. The lowest BCUT2D eigenvalue weighted by molar-refractivity contribution is 0.102. The van der Waals surface area contributed by atoms with Crippen LogP contribution in [0.2, 0.25) is 0 Å². The van der Waals surface area contributed by atoms with Crippen LogP contribution in [0.1, 0.15) is 15.9 Å². The SMILES string of the molecule is COc1ccc2nc(NC(=O)c3ccc(CNC(N)=O)cc3)sc2c1. The molecule has 0 saturated carbocycles. The maximum atomic E-state index is 12.3. The van der Waals surface area contributed by atoms with Crippen LogP contribution in [0.25, 0.3) is 10.2 Å². The number of hydrogen-bond acceptors (Lipinski definition) is 5. The molecule has 8 heteroatoms. The summed E-state index contributed by atoms with van der Waals surface area (Å²) in [6, 6.07) is 11.8. The minimum absolute atomic E-state index is 0.250. The Morgan fingerprint density at radius 3 is 2.64 bits per heavy atom. The van der Waals surface area contributed by atoms with Crippen molar-refractivity contribution in [2.75, 3.05) is 12.4 Å². The minimum Gasteiger partial charge on any atom is -0.497 e. The number of fused-ring (bicyclic) bond motifs is 1. The van der Waals surface area contributed by atoms with Crippen molar-refractivity contribution in [3.05, 3.63) is 53.6 Å². The highest BCUT2D eigenvalue weighted by Gasteiger charge is 2.10. The molecule has 3 rings (SSSR count). The first-order valence-electron chi connectivity index (χ1n) is 7.43. The molecule has 0 aliphatic rings. The van der Waals surface area contributed by atoms with Crippen molar-refractivity contribution in [1.29, 1.82) is 0 Å². The standard InChI is InChI=1S/C17H16N4O3S/c1-24-12-6-7-13-14(8-12)25-17(20-13)21-15(22)11-4-2-10(3-5-11)9-19-16(18)23/h2-8H,9H2,1H3,(H3,18,19,23)(H,20,21,22). The lowest BCUT2D eigenvalue weighted by atomic mass is 10.1. The van der Waals surface area contributed by atoms with E-state index >= 15 is 0 Å². The highest BCUT2D eigenvalue weighted by molar-refractivity contribution is 7.22. The Morgan fingerprint density at radius 1 is 1.20 bits per heavy atom. The molecule has 0 unspecified atom stereocenters. The zero-order valence-corrected chi connectivity index (χ0v) is 14.2. The van der Waals surface area contributed by atoms with Crippen molar-refractivity contribution in [2.45, 2.75) is 6.54 Å². The number of ether oxygens (including phenoxy) is 1. The van der Waals surface area contributed by atoms with E-state index in [2.05, 4.69) is 15.6 Å². The fraction of sp³-hybridized carbons (Fsp3) is 0.118. The van der Waals surface area contributed by atoms with Gasteiger partial charge in [0.15, 0.2) is 5.13 Å². The van der Waals surface area contributed by atoms with E-state index in [-0.39, 0.29) is 5.91 Å². The van der Waals surface area contributed by atoms with Gasteiger partial charge in [-0.05, 0) is 35.9 Å². The molecule has 0 aliphatic heterocycles. The summed E-state index contributed by atoms with van der Waals surface area (Å²) in [4.78, 5) is 27.4. The smallest absolute Gasteiger partial charge is 0.312 e. The normalized spacial score (nSPS) is 10.4. The highest BCUT2D eigenvalue weighted by Crippen LogP contribution is 2.29. The molecule has 128 valence electrons. The summed E-state index contributed by atoms with van der Waals surface area (Å²) in [7, 11) is 1.60. The van der Waals surface area contributed by atoms with E-state index in [0.29, 0.717) is 17.2 Å². The average Bonchev–Trinajstić information content (AvgIpc) is 3.01. The number of nitrogens with zero attached hydrogens (tertiary/aromatic N) is 1. The van der Waals surface area contributed by atoms with Crippen molar-refractivity contribution >= 4 is 38.6 Å². The van der Waals surface area contributed by atoms with Crippen molar-refractivity contribution in [3.63, 3.8) is 0 Å². The molecular formula is C17H16N4O3S. The Morgan fingerprint density at radius 2 is 1.96 bits per heavy atom. The van der Waals surface area contributed by atoms with Crippen LogP contribution in [0.3, 0.4) is 0 Å². The summed E-state index contributed by atoms with van der Waals surface area (Å²) < 4.78 is 6.12. The molecule has 1 heterocycles. The van der Waals surface area contributed by atoms with Crippen molar-refractivity contribution in [2.24, 2.45) is 5.73 Å². The Balaban J connectivity index is 1.70. The number of rotatable bonds is 5. The second-order valence-electron chi connectivity index (χ2n) is 5.22. The van der Waals surface area contributed by atoms with Crippen LogP contribution in [-0.2, 0) is 6.54 Å². The van der Waals surface area contributed by atoms with Gasteiger partial charge in [0.25, 0.3) is 5.91 Å². The number of carbonyl (C=O) groups excluding carboxylic acids is 2. The van der Waals surface area contributed by atoms with Gasteiger partial charge >= 0.3 is 6.03 Å². The Hall–Kier alpha value is -3.13. The predicted molar refractivity (Wildman–Crippen MR) is 97.0 cm³/mol. The van der Waals surface area contributed by atoms with Gasteiger partial charge in [0.1, 0.15) is 5.75 Å². The molecule has 7 nitrogen and oxygen atoms in total. The number of aromatic nitrogens is 1. The van der Waals surface area contributed by atoms with E-state index in [1.165, 1.54) is 11.3 Å². The molecule has 3 amide bonds. The maximum absolute atomic E-state index is 12.3. The second-order valence-corrected chi connectivity index (χ2v) is 6.25. The monoisotopic (exact) mass is 356 g/mol. The summed E-state index contributed by atoms with van der Waals surface area (Å²) in [5.74, 6) is 0.495. The number of amides is 3. The molecule has 0 saturated heterocycles. The molecule has 0 atom stereocenters. The molecule has 0 fully saturated rings. The number of benzene rings is 2. The van der Waals surface area contributed by atoms with Crippen LogP contribution in [-0.4, -0.2) is 24.0 Å².